The highest BCUT2D eigenvalue weighted by Crippen LogP contribution is 2.45. The smallest absolute Gasteiger partial charge is 0.429 e. The molecule has 0 saturated carbocycles. The molecule has 1 N–H and O–H groups in total. The van der Waals surface area contributed by atoms with Crippen molar-refractivity contribution < 1.29 is 40.6 Å². The molecule has 0 bridgehead atoms. The Kier molecular flexibility index (Phi) is 8.46. The molecular formula is C30H29F7O2. The highest BCUT2D eigenvalue weighted by Gasteiger charge is 2.71. The summed E-state index contributed by atoms with van der Waals surface area (Å²) < 4.78 is 97.1. The molecule has 0 unspecified atom stereocenters. The van der Waals surface area contributed by atoms with E-state index < -0.39 is 35.8 Å². The number of hydrogen-bond donors (Lipinski definition) is 1. The van der Waals surface area contributed by atoms with E-state index in [0.717, 1.165) is 22.3 Å². The minimum Gasteiger partial charge on any atom is -0.490 e. The van der Waals surface area contributed by atoms with Gasteiger partial charge in [0.15, 0.2) is 0 Å². The van der Waals surface area contributed by atoms with Crippen molar-refractivity contribution in [1.29, 1.82) is 0 Å². The lowest BCUT2D eigenvalue weighted by atomic mass is 9.69. The molecule has 0 heterocycles. The van der Waals surface area contributed by atoms with Crippen LogP contribution in [-0.2, 0) is 5.41 Å². The van der Waals surface area contributed by atoms with Gasteiger partial charge in [0.05, 0.1) is 0 Å². The van der Waals surface area contributed by atoms with Gasteiger partial charge in [-0.2, -0.15) is 26.3 Å². The Balaban J connectivity index is 1.97. The minimum absolute atomic E-state index is 0.0493. The molecule has 0 amide bonds. The average molecular weight is 555 g/mol. The molecule has 3 aromatic rings. The number of aliphatic hydroxyl groups is 1. The van der Waals surface area contributed by atoms with Crippen molar-refractivity contribution in [3.05, 3.63) is 95.2 Å². The maximum absolute atomic E-state index is 14.0. The van der Waals surface area contributed by atoms with Gasteiger partial charge in [-0.15, -0.1) is 0 Å². The lowest BCUT2D eigenvalue weighted by molar-refractivity contribution is -0.373. The predicted molar refractivity (Wildman–Crippen MR) is 135 cm³/mol. The molecule has 0 aliphatic rings. The van der Waals surface area contributed by atoms with Crippen LogP contribution >= 0.6 is 0 Å². The Bertz CT molecular complexity index is 1310. The number of ether oxygens (including phenoxy) is 1. The summed E-state index contributed by atoms with van der Waals surface area (Å²) in [7, 11) is 0. The van der Waals surface area contributed by atoms with E-state index >= 15 is 0 Å². The van der Waals surface area contributed by atoms with Gasteiger partial charge in [0.25, 0.3) is 5.60 Å². The van der Waals surface area contributed by atoms with E-state index in [4.69, 9.17) is 11.7 Å². The zero-order valence-electron chi connectivity index (χ0n) is 21.9. The zero-order chi connectivity index (χ0) is 29.4. The third-order valence-corrected chi connectivity index (χ3v) is 7.40. The summed E-state index contributed by atoms with van der Waals surface area (Å²) in [6, 6.07) is 15.0. The molecular weight excluding hydrogens is 525 g/mol. The van der Waals surface area contributed by atoms with Crippen LogP contribution in [0.4, 0.5) is 30.7 Å². The molecule has 2 nitrogen and oxygen atoms in total. The van der Waals surface area contributed by atoms with Crippen LogP contribution in [0.1, 0.15) is 54.5 Å². The quantitative estimate of drug-likeness (QED) is 0.283. The van der Waals surface area contributed by atoms with Gasteiger partial charge in [0.2, 0.25) is 0 Å². The Morgan fingerprint density at radius 3 is 1.77 bits per heavy atom. The lowest BCUT2D eigenvalue weighted by Gasteiger charge is -2.35. The van der Waals surface area contributed by atoms with Gasteiger partial charge in [0, 0.05) is 12.3 Å². The van der Waals surface area contributed by atoms with Crippen molar-refractivity contribution in [2.45, 2.75) is 63.9 Å². The monoisotopic (exact) mass is 554 g/mol. The average Bonchev–Trinajstić information content (AvgIpc) is 2.85. The summed E-state index contributed by atoms with van der Waals surface area (Å²) in [4.78, 5) is 0. The molecule has 210 valence electrons. The van der Waals surface area contributed by atoms with Gasteiger partial charge in [0.1, 0.15) is 18.2 Å². The van der Waals surface area contributed by atoms with Crippen LogP contribution in [0.5, 0.6) is 5.75 Å². The zero-order valence-corrected chi connectivity index (χ0v) is 21.9. The standard InChI is InChI=1S/C30H29F7O2/c1-6-27(7-2,22-10-12-24(19(4)14-22)21-9-8-18(3)25(31)16-21)23-11-13-26(20(5)15-23)39-17-28(38,29(32,33)34)30(35,36)37/h3,8-16,38H,6-7,17H2,1-2,4-5H3. The summed E-state index contributed by atoms with van der Waals surface area (Å²) in [6.45, 7) is 10.9. The molecule has 0 atom stereocenters. The third kappa shape index (κ3) is 5.64. The number of halogens is 7. The fraction of sp³-hybridized carbons (Fsp3) is 0.367. The van der Waals surface area contributed by atoms with Crippen molar-refractivity contribution >= 4 is 0 Å². The molecule has 0 fully saturated rings. The second-order valence-electron chi connectivity index (χ2n) is 9.68. The van der Waals surface area contributed by atoms with E-state index in [9.17, 15) is 35.8 Å². The Hall–Kier alpha value is -3.07. The van der Waals surface area contributed by atoms with Gasteiger partial charge in [-0.1, -0.05) is 56.3 Å². The van der Waals surface area contributed by atoms with Crippen LogP contribution in [0, 0.1) is 26.6 Å². The van der Waals surface area contributed by atoms with E-state index in [1.54, 1.807) is 18.2 Å². The normalized spacial score (nSPS) is 13.1. The minimum atomic E-state index is -5.97. The lowest BCUT2D eigenvalue weighted by Crippen LogP contribution is -2.60. The number of hydrogen-bond acceptors (Lipinski definition) is 2. The topological polar surface area (TPSA) is 29.5 Å². The van der Waals surface area contributed by atoms with Crippen LogP contribution < -0.4 is 4.74 Å². The molecule has 39 heavy (non-hydrogen) atoms. The number of aryl methyl sites for hydroxylation is 2. The van der Waals surface area contributed by atoms with Crippen molar-refractivity contribution in [3.8, 4) is 16.9 Å². The van der Waals surface area contributed by atoms with E-state index in [-0.39, 0.29) is 11.3 Å². The second kappa shape index (κ2) is 10.8. The van der Waals surface area contributed by atoms with Crippen LogP contribution in [0.3, 0.4) is 0 Å². The van der Waals surface area contributed by atoms with Crippen LogP contribution in [0.15, 0.2) is 54.6 Å². The Morgan fingerprint density at radius 2 is 1.31 bits per heavy atom. The SMILES string of the molecule is [CH]c1ccc(-c2ccc(C(CC)(CC)c3ccc(OCC(O)(C(F)(F)F)C(F)(F)F)c(C)c3)cc2C)cc1F. The van der Waals surface area contributed by atoms with Gasteiger partial charge in [-0.3, -0.25) is 0 Å². The van der Waals surface area contributed by atoms with Crippen molar-refractivity contribution in [1.82, 2.24) is 0 Å². The Labute approximate surface area is 223 Å². The van der Waals surface area contributed by atoms with E-state index in [1.165, 1.54) is 25.1 Å². The number of rotatable bonds is 8. The van der Waals surface area contributed by atoms with Crippen molar-refractivity contribution in [2.75, 3.05) is 6.61 Å². The molecule has 0 aromatic heterocycles. The van der Waals surface area contributed by atoms with Gasteiger partial charge in [-0.05, 0) is 77.8 Å². The van der Waals surface area contributed by atoms with Crippen molar-refractivity contribution in [3.63, 3.8) is 0 Å². The highest BCUT2D eigenvalue weighted by molar-refractivity contribution is 5.68. The second-order valence-corrected chi connectivity index (χ2v) is 9.68. The largest absolute Gasteiger partial charge is 0.490 e. The molecule has 3 rings (SSSR count). The summed E-state index contributed by atoms with van der Waals surface area (Å²) in [5.74, 6) is -0.724. The molecule has 0 spiro atoms. The van der Waals surface area contributed by atoms with E-state index in [0.29, 0.717) is 24.0 Å². The van der Waals surface area contributed by atoms with Gasteiger partial charge >= 0.3 is 12.4 Å². The molecule has 0 saturated heterocycles. The molecule has 0 aliphatic carbocycles. The Morgan fingerprint density at radius 1 is 0.769 bits per heavy atom. The number of alkyl halides is 6. The molecule has 0 aliphatic heterocycles. The van der Waals surface area contributed by atoms with Crippen LogP contribution in [0.25, 0.3) is 11.1 Å². The third-order valence-electron chi connectivity index (χ3n) is 7.40. The van der Waals surface area contributed by atoms with Gasteiger partial charge < -0.3 is 9.84 Å². The maximum atomic E-state index is 14.0. The summed E-state index contributed by atoms with van der Waals surface area (Å²) >= 11 is 0. The van der Waals surface area contributed by atoms with E-state index in [2.05, 4.69) is 0 Å². The first kappa shape index (κ1) is 30.5. The summed E-state index contributed by atoms with van der Waals surface area (Å²) in [5.41, 5.74) is -1.06. The predicted octanol–water partition coefficient (Wildman–Crippen LogP) is 8.51. The fourth-order valence-corrected chi connectivity index (χ4v) is 4.83. The first-order valence-corrected chi connectivity index (χ1v) is 12.3. The summed E-state index contributed by atoms with van der Waals surface area (Å²) in [6.07, 6.45) is -10.7. The molecule has 2 radical (unpaired) electrons. The highest BCUT2D eigenvalue weighted by atomic mass is 19.4. The van der Waals surface area contributed by atoms with Crippen LogP contribution in [0.2, 0.25) is 0 Å². The van der Waals surface area contributed by atoms with Crippen molar-refractivity contribution in [2.24, 2.45) is 0 Å². The molecule has 9 heteroatoms. The van der Waals surface area contributed by atoms with Gasteiger partial charge in [-0.25, -0.2) is 4.39 Å². The van der Waals surface area contributed by atoms with Crippen LogP contribution in [-0.4, -0.2) is 29.7 Å². The van der Waals surface area contributed by atoms with E-state index in [1.807, 2.05) is 39.0 Å². The summed E-state index contributed by atoms with van der Waals surface area (Å²) in [5, 5.41) is 9.40. The number of benzene rings is 3. The molecule has 3 aromatic carbocycles. The fourth-order valence-electron chi connectivity index (χ4n) is 4.83. The first-order valence-electron chi connectivity index (χ1n) is 12.3. The maximum Gasteiger partial charge on any atom is 0.429 e. The first-order chi connectivity index (χ1) is 18.0.